The van der Waals surface area contributed by atoms with Crippen LogP contribution in [0.15, 0.2) is 0 Å². The first-order valence-electron chi connectivity index (χ1n) is 8.51. The van der Waals surface area contributed by atoms with Gasteiger partial charge in [-0.2, -0.15) is 0 Å². The van der Waals surface area contributed by atoms with Gasteiger partial charge in [0.05, 0.1) is 6.10 Å². The van der Waals surface area contributed by atoms with Crippen molar-refractivity contribution < 1.29 is 4.74 Å². The van der Waals surface area contributed by atoms with Crippen molar-refractivity contribution in [1.82, 2.24) is 4.90 Å². The van der Waals surface area contributed by atoms with E-state index in [9.17, 15) is 0 Å². The number of ether oxygens (including phenoxy) is 1. The Balaban J connectivity index is 2.04. The number of nitrogens with two attached hydrogens (primary N) is 1. The first kappa shape index (κ1) is 16.3. The third-order valence-corrected chi connectivity index (χ3v) is 6.10. The molecule has 0 aromatic heterocycles. The molecule has 0 saturated carbocycles. The highest BCUT2D eigenvalue weighted by Gasteiger charge is 2.44. The number of hydrogen-bond donors (Lipinski definition) is 1. The van der Waals surface area contributed by atoms with Gasteiger partial charge in [-0.3, -0.25) is 4.90 Å². The quantitative estimate of drug-likeness (QED) is 0.861. The average Bonchev–Trinajstić information content (AvgIpc) is 2.48. The molecule has 20 heavy (non-hydrogen) atoms. The van der Waals surface area contributed by atoms with Gasteiger partial charge in [-0.1, -0.05) is 34.1 Å². The molecule has 3 heteroatoms. The third kappa shape index (κ3) is 3.20. The summed E-state index contributed by atoms with van der Waals surface area (Å²) in [6, 6.07) is 0. The van der Waals surface area contributed by atoms with Gasteiger partial charge in [-0.15, -0.1) is 0 Å². The van der Waals surface area contributed by atoms with Crippen LogP contribution in [0.2, 0.25) is 0 Å². The lowest BCUT2D eigenvalue weighted by Crippen LogP contribution is -2.61. The lowest BCUT2D eigenvalue weighted by Gasteiger charge is -2.52. The van der Waals surface area contributed by atoms with Crippen LogP contribution in [0.3, 0.4) is 0 Å². The van der Waals surface area contributed by atoms with Crippen molar-refractivity contribution in [2.45, 2.75) is 71.4 Å². The molecule has 2 aliphatic rings. The van der Waals surface area contributed by atoms with Crippen LogP contribution in [0.25, 0.3) is 0 Å². The van der Waals surface area contributed by atoms with E-state index >= 15 is 0 Å². The van der Waals surface area contributed by atoms with E-state index in [2.05, 4.69) is 32.6 Å². The van der Waals surface area contributed by atoms with Crippen molar-refractivity contribution in [2.75, 3.05) is 26.2 Å². The largest absolute Gasteiger partial charge is 0.378 e. The normalized spacial score (nSPS) is 35.4. The zero-order valence-corrected chi connectivity index (χ0v) is 14.0. The molecule has 0 radical (unpaired) electrons. The van der Waals surface area contributed by atoms with Crippen LogP contribution in [0.5, 0.6) is 0 Å². The molecule has 3 nitrogen and oxygen atoms in total. The fraction of sp³-hybridized carbons (Fsp3) is 1.00. The minimum atomic E-state index is 0.197. The lowest BCUT2D eigenvalue weighted by molar-refractivity contribution is -0.0986. The van der Waals surface area contributed by atoms with E-state index in [1.54, 1.807) is 0 Å². The Kier molecular flexibility index (Phi) is 5.14. The van der Waals surface area contributed by atoms with Crippen LogP contribution in [0, 0.1) is 11.3 Å². The van der Waals surface area contributed by atoms with Crippen LogP contribution in [0.1, 0.15) is 59.8 Å². The molecule has 2 unspecified atom stereocenters. The van der Waals surface area contributed by atoms with E-state index in [4.69, 9.17) is 10.5 Å². The van der Waals surface area contributed by atoms with E-state index in [0.29, 0.717) is 17.4 Å². The molecule has 0 aliphatic carbocycles. The van der Waals surface area contributed by atoms with Crippen molar-refractivity contribution in [3.63, 3.8) is 0 Å². The summed E-state index contributed by atoms with van der Waals surface area (Å²) >= 11 is 0. The van der Waals surface area contributed by atoms with Crippen molar-refractivity contribution in [3.05, 3.63) is 0 Å². The van der Waals surface area contributed by atoms with Crippen molar-refractivity contribution in [1.29, 1.82) is 0 Å². The Bertz CT molecular complexity index is 310. The van der Waals surface area contributed by atoms with E-state index in [0.717, 1.165) is 26.0 Å². The maximum Gasteiger partial charge on any atom is 0.0616 e. The zero-order valence-electron chi connectivity index (χ0n) is 14.0. The number of hydrogen-bond acceptors (Lipinski definition) is 3. The molecule has 0 bridgehead atoms. The van der Waals surface area contributed by atoms with Gasteiger partial charge < -0.3 is 10.5 Å². The second-order valence-corrected chi connectivity index (χ2v) is 7.69. The van der Waals surface area contributed by atoms with Gasteiger partial charge in [0.15, 0.2) is 0 Å². The highest BCUT2D eigenvalue weighted by Crippen LogP contribution is 2.40. The second kappa shape index (κ2) is 6.33. The highest BCUT2D eigenvalue weighted by molar-refractivity contribution is 4.99. The number of rotatable bonds is 4. The minimum absolute atomic E-state index is 0.197. The van der Waals surface area contributed by atoms with Gasteiger partial charge in [0.1, 0.15) is 0 Å². The predicted molar refractivity (Wildman–Crippen MR) is 84.8 cm³/mol. The molecule has 2 N–H and O–H groups in total. The molecule has 2 heterocycles. The summed E-state index contributed by atoms with van der Waals surface area (Å²) in [4.78, 5) is 2.70. The molecule has 2 fully saturated rings. The fourth-order valence-electron chi connectivity index (χ4n) is 3.84. The maximum atomic E-state index is 6.23. The third-order valence-electron chi connectivity index (χ3n) is 6.10. The van der Waals surface area contributed by atoms with Gasteiger partial charge in [0.25, 0.3) is 0 Å². The van der Waals surface area contributed by atoms with Crippen LogP contribution >= 0.6 is 0 Å². The number of nitrogens with zero attached hydrogens (tertiary/aromatic N) is 1. The maximum absolute atomic E-state index is 6.23. The van der Waals surface area contributed by atoms with Gasteiger partial charge in [-0.25, -0.2) is 0 Å². The average molecular weight is 282 g/mol. The number of likely N-dealkylation sites (tertiary alicyclic amines) is 1. The van der Waals surface area contributed by atoms with Crippen molar-refractivity contribution in [3.8, 4) is 0 Å². The minimum Gasteiger partial charge on any atom is -0.378 e. The van der Waals surface area contributed by atoms with E-state index in [-0.39, 0.29) is 5.54 Å². The van der Waals surface area contributed by atoms with Gasteiger partial charge in [0, 0.05) is 18.7 Å². The summed E-state index contributed by atoms with van der Waals surface area (Å²) in [5.41, 5.74) is 6.98. The highest BCUT2D eigenvalue weighted by atomic mass is 16.5. The predicted octanol–water partition coefficient (Wildman–Crippen LogP) is 3.03. The Morgan fingerprint density at radius 1 is 1.25 bits per heavy atom. The molecule has 0 aromatic rings. The van der Waals surface area contributed by atoms with Crippen molar-refractivity contribution >= 4 is 0 Å². The van der Waals surface area contributed by atoms with Crippen LogP contribution in [-0.2, 0) is 4.74 Å². The van der Waals surface area contributed by atoms with E-state index in [1.807, 2.05) is 0 Å². The van der Waals surface area contributed by atoms with E-state index in [1.165, 1.54) is 32.4 Å². The molecule has 0 spiro atoms. The zero-order chi connectivity index (χ0) is 14.8. The van der Waals surface area contributed by atoms with Crippen molar-refractivity contribution in [2.24, 2.45) is 17.1 Å². The van der Waals surface area contributed by atoms with Crippen LogP contribution in [0.4, 0.5) is 0 Å². The first-order valence-corrected chi connectivity index (χ1v) is 8.51. The SMILES string of the molecule is CCC1(C)CCN(C2(CN)CCOC(C(C)C)C2)CC1. The molecule has 2 aliphatic heterocycles. The van der Waals surface area contributed by atoms with Gasteiger partial charge >= 0.3 is 0 Å². The summed E-state index contributed by atoms with van der Waals surface area (Å²) in [5, 5.41) is 0. The number of piperidine rings is 1. The van der Waals surface area contributed by atoms with Gasteiger partial charge in [-0.05, 0) is 50.1 Å². The lowest BCUT2D eigenvalue weighted by atomic mass is 9.74. The molecule has 2 atom stereocenters. The summed E-state index contributed by atoms with van der Waals surface area (Å²) < 4.78 is 5.97. The van der Waals surface area contributed by atoms with Crippen LogP contribution < -0.4 is 5.73 Å². The summed E-state index contributed by atoms with van der Waals surface area (Å²) in [7, 11) is 0. The van der Waals surface area contributed by atoms with E-state index < -0.39 is 0 Å². The molecule has 2 saturated heterocycles. The van der Waals surface area contributed by atoms with Gasteiger partial charge in [0.2, 0.25) is 0 Å². The molecular weight excluding hydrogens is 248 g/mol. The Labute approximate surface area is 125 Å². The summed E-state index contributed by atoms with van der Waals surface area (Å²) in [6.45, 7) is 13.4. The fourth-order valence-corrected chi connectivity index (χ4v) is 3.84. The Morgan fingerprint density at radius 2 is 1.90 bits per heavy atom. The monoisotopic (exact) mass is 282 g/mol. The molecule has 0 amide bonds. The summed E-state index contributed by atoms with van der Waals surface area (Å²) in [5.74, 6) is 0.590. The first-order chi connectivity index (χ1) is 9.45. The standard InChI is InChI=1S/C17H34N2O/c1-5-16(4)6-9-19(10-7-16)17(13-18)8-11-20-15(12-17)14(2)3/h14-15H,5-13,18H2,1-4H3. The van der Waals surface area contributed by atoms with Crippen LogP contribution in [-0.4, -0.2) is 42.8 Å². The molecular formula is C17H34N2O. The smallest absolute Gasteiger partial charge is 0.0616 e. The molecule has 0 aromatic carbocycles. The molecule has 118 valence electrons. The molecule has 2 rings (SSSR count). The topological polar surface area (TPSA) is 38.5 Å². The summed E-state index contributed by atoms with van der Waals surface area (Å²) in [6.07, 6.45) is 6.54. The Morgan fingerprint density at radius 3 is 2.40 bits per heavy atom. The Hall–Kier alpha value is -0.120. The second-order valence-electron chi connectivity index (χ2n) is 7.69.